The van der Waals surface area contributed by atoms with Crippen LogP contribution in [0.5, 0.6) is 0 Å². The summed E-state index contributed by atoms with van der Waals surface area (Å²) in [6, 6.07) is 4.14. The maximum Gasteiger partial charge on any atom is 0.224 e. The largest absolute Gasteiger partial charge is 0.334 e. The van der Waals surface area contributed by atoms with Crippen molar-refractivity contribution in [3.63, 3.8) is 0 Å². The van der Waals surface area contributed by atoms with Crippen LogP contribution in [0.15, 0.2) is 24.8 Å². The van der Waals surface area contributed by atoms with Crippen LogP contribution in [0.25, 0.3) is 0 Å². The molecule has 3 nitrogen and oxygen atoms in total. The second-order valence-corrected chi connectivity index (χ2v) is 7.65. The molecule has 0 saturated carbocycles. The van der Waals surface area contributed by atoms with Crippen LogP contribution in [0.4, 0.5) is 0 Å². The minimum atomic E-state index is 0.175. The van der Waals surface area contributed by atoms with Gasteiger partial charge < -0.3 is 10.2 Å². The molecule has 0 bridgehead atoms. The number of carbonyl (C=O) groups is 1. The SMILES string of the molecule is C=CCN(Cc1ccc(Cl)s1)C(=O)CC1CSCCN1. The van der Waals surface area contributed by atoms with Crippen LogP contribution < -0.4 is 5.32 Å². The first kappa shape index (κ1) is 15.9. The van der Waals surface area contributed by atoms with Crippen molar-refractivity contribution in [1.82, 2.24) is 10.2 Å². The van der Waals surface area contributed by atoms with Crippen LogP contribution >= 0.6 is 34.7 Å². The van der Waals surface area contributed by atoms with Gasteiger partial charge in [-0.05, 0) is 12.1 Å². The number of nitrogens with one attached hydrogen (secondary N) is 1. The van der Waals surface area contributed by atoms with Gasteiger partial charge in [-0.25, -0.2) is 0 Å². The Balaban J connectivity index is 1.92. The summed E-state index contributed by atoms with van der Waals surface area (Å²) in [5.74, 6) is 2.32. The van der Waals surface area contributed by atoms with Crippen molar-refractivity contribution in [2.75, 3.05) is 24.6 Å². The fourth-order valence-electron chi connectivity index (χ4n) is 2.13. The zero-order valence-electron chi connectivity index (χ0n) is 11.3. The Morgan fingerprint density at radius 3 is 3.05 bits per heavy atom. The molecule has 1 aromatic rings. The fourth-order valence-corrected chi connectivity index (χ4v) is 4.18. The molecule has 0 spiro atoms. The molecule has 0 aromatic carbocycles. The minimum Gasteiger partial charge on any atom is -0.334 e. The Hall–Kier alpha value is -0.490. The smallest absolute Gasteiger partial charge is 0.224 e. The van der Waals surface area contributed by atoms with E-state index in [1.54, 1.807) is 6.08 Å². The van der Waals surface area contributed by atoms with E-state index in [9.17, 15) is 4.79 Å². The van der Waals surface area contributed by atoms with E-state index in [0.717, 1.165) is 27.3 Å². The number of carbonyl (C=O) groups excluding carboxylic acids is 1. The molecule has 1 atom stereocenters. The summed E-state index contributed by atoms with van der Waals surface area (Å²) < 4.78 is 0.761. The second-order valence-electron chi connectivity index (χ2n) is 4.70. The summed E-state index contributed by atoms with van der Waals surface area (Å²) in [5, 5.41) is 3.40. The number of halogens is 1. The summed E-state index contributed by atoms with van der Waals surface area (Å²) in [7, 11) is 0. The van der Waals surface area contributed by atoms with Crippen molar-refractivity contribution < 1.29 is 4.79 Å². The maximum atomic E-state index is 12.4. The van der Waals surface area contributed by atoms with Gasteiger partial charge in [-0.15, -0.1) is 17.9 Å². The van der Waals surface area contributed by atoms with Crippen molar-refractivity contribution in [1.29, 1.82) is 0 Å². The summed E-state index contributed by atoms with van der Waals surface area (Å²) in [6.45, 7) is 5.92. The number of thioether (sulfide) groups is 1. The summed E-state index contributed by atoms with van der Waals surface area (Å²) in [5.41, 5.74) is 0. The summed E-state index contributed by atoms with van der Waals surface area (Å²) in [4.78, 5) is 15.4. The van der Waals surface area contributed by atoms with Gasteiger partial charge in [0.25, 0.3) is 0 Å². The molecule has 1 aliphatic heterocycles. The Bertz CT molecular complexity index is 458. The van der Waals surface area contributed by atoms with Crippen molar-refractivity contribution in [3.8, 4) is 0 Å². The molecule has 1 amide bonds. The molecule has 0 radical (unpaired) electrons. The number of hydrogen-bond acceptors (Lipinski definition) is 4. The van der Waals surface area contributed by atoms with E-state index in [1.165, 1.54) is 11.3 Å². The monoisotopic (exact) mass is 330 g/mol. The second kappa shape index (κ2) is 8.08. The molecule has 1 aromatic heterocycles. The highest BCUT2D eigenvalue weighted by Crippen LogP contribution is 2.23. The Morgan fingerprint density at radius 1 is 1.60 bits per heavy atom. The Labute approximate surface area is 133 Å². The fraction of sp³-hybridized carbons (Fsp3) is 0.500. The number of rotatable bonds is 6. The van der Waals surface area contributed by atoms with E-state index in [-0.39, 0.29) is 5.91 Å². The predicted octanol–water partition coefficient (Wildman–Crippen LogP) is 3.01. The molecule has 1 N–H and O–H groups in total. The lowest BCUT2D eigenvalue weighted by Crippen LogP contribution is -2.42. The highest BCUT2D eigenvalue weighted by Gasteiger charge is 2.20. The molecule has 6 heteroatoms. The topological polar surface area (TPSA) is 32.3 Å². The van der Waals surface area contributed by atoms with Crippen LogP contribution in [0.1, 0.15) is 11.3 Å². The lowest BCUT2D eigenvalue weighted by atomic mass is 10.2. The number of nitrogens with zero attached hydrogens (tertiary/aromatic N) is 1. The van der Waals surface area contributed by atoms with Crippen molar-refractivity contribution in [2.45, 2.75) is 19.0 Å². The van der Waals surface area contributed by atoms with Crippen LogP contribution in [0.3, 0.4) is 0 Å². The quantitative estimate of drug-likeness (QED) is 0.814. The molecule has 2 heterocycles. The van der Waals surface area contributed by atoms with E-state index in [1.807, 2.05) is 28.8 Å². The highest BCUT2D eigenvalue weighted by atomic mass is 35.5. The van der Waals surface area contributed by atoms with Gasteiger partial charge in [0.1, 0.15) is 0 Å². The normalized spacial score (nSPS) is 18.8. The molecule has 1 saturated heterocycles. The van der Waals surface area contributed by atoms with Gasteiger partial charge in [-0.1, -0.05) is 17.7 Å². The summed E-state index contributed by atoms with van der Waals surface area (Å²) in [6.07, 6.45) is 2.33. The average molecular weight is 331 g/mol. The Kier molecular flexibility index (Phi) is 6.42. The Morgan fingerprint density at radius 2 is 2.45 bits per heavy atom. The van der Waals surface area contributed by atoms with Crippen LogP contribution in [0, 0.1) is 0 Å². The van der Waals surface area contributed by atoms with Crippen molar-refractivity contribution >= 4 is 40.6 Å². The van der Waals surface area contributed by atoms with Crippen molar-refractivity contribution in [2.24, 2.45) is 0 Å². The third kappa shape index (κ3) is 4.81. The number of hydrogen-bond donors (Lipinski definition) is 1. The molecule has 2 rings (SSSR count). The zero-order valence-corrected chi connectivity index (χ0v) is 13.7. The highest BCUT2D eigenvalue weighted by molar-refractivity contribution is 7.99. The van der Waals surface area contributed by atoms with Gasteiger partial charge in [-0.3, -0.25) is 4.79 Å². The standard InChI is InChI=1S/C14H19ClN2OS2/c1-2-6-17(9-12-3-4-13(15)20-12)14(18)8-11-10-19-7-5-16-11/h2-4,11,16H,1,5-10H2. The van der Waals surface area contributed by atoms with Crippen LogP contribution in [-0.2, 0) is 11.3 Å². The molecular formula is C14H19ClN2OS2. The van der Waals surface area contributed by atoms with E-state index >= 15 is 0 Å². The predicted molar refractivity (Wildman–Crippen MR) is 88.7 cm³/mol. The van der Waals surface area contributed by atoms with Gasteiger partial charge >= 0.3 is 0 Å². The molecule has 0 aliphatic carbocycles. The van der Waals surface area contributed by atoms with Crippen LogP contribution in [-0.4, -0.2) is 41.4 Å². The van der Waals surface area contributed by atoms with E-state index in [4.69, 9.17) is 11.6 Å². The first-order valence-corrected chi connectivity index (χ1v) is 8.98. The lowest BCUT2D eigenvalue weighted by Gasteiger charge is -2.26. The molecule has 1 aliphatic rings. The first-order chi connectivity index (χ1) is 9.69. The van der Waals surface area contributed by atoms with Crippen molar-refractivity contribution in [3.05, 3.63) is 34.0 Å². The first-order valence-electron chi connectivity index (χ1n) is 6.63. The zero-order chi connectivity index (χ0) is 14.4. The molecular weight excluding hydrogens is 312 g/mol. The van der Waals surface area contributed by atoms with Gasteiger partial charge in [0.15, 0.2) is 0 Å². The number of amides is 1. The third-order valence-electron chi connectivity index (χ3n) is 3.10. The molecule has 1 fully saturated rings. The van der Waals surface area contributed by atoms with Gasteiger partial charge in [0, 0.05) is 41.9 Å². The van der Waals surface area contributed by atoms with E-state index in [2.05, 4.69) is 11.9 Å². The maximum absolute atomic E-state index is 12.4. The van der Waals surface area contributed by atoms with E-state index < -0.39 is 0 Å². The van der Waals surface area contributed by atoms with Gasteiger partial charge in [0.2, 0.25) is 5.91 Å². The van der Waals surface area contributed by atoms with E-state index in [0.29, 0.717) is 25.6 Å². The third-order valence-corrected chi connectivity index (χ3v) is 5.44. The van der Waals surface area contributed by atoms with Gasteiger partial charge in [0.05, 0.1) is 10.9 Å². The minimum absolute atomic E-state index is 0.175. The van der Waals surface area contributed by atoms with Gasteiger partial charge in [-0.2, -0.15) is 11.8 Å². The lowest BCUT2D eigenvalue weighted by molar-refractivity contribution is -0.131. The van der Waals surface area contributed by atoms with Crippen LogP contribution in [0.2, 0.25) is 4.34 Å². The molecule has 1 unspecified atom stereocenters. The average Bonchev–Trinajstić information content (AvgIpc) is 2.85. The molecule has 20 heavy (non-hydrogen) atoms. The summed E-state index contributed by atoms with van der Waals surface area (Å²) >= 11 is 9.37. The number of thiophene rings is 1. The molecule has 110 valence electrons.